The molecule has 0 aromatic rings. The molecule has 0 saturated carbocycles. The van der Waals surface area contributed by atoms with Crippen LogP contribution in [0.5, 0.6) is 0 Å². The first-order valence-corrected chi connectivity index (χ1v) is 8.71. The minimum Gasteiger partial charge on any atom is -0.389 e. The van der Waals surface area contributed by atoms with Gasteiger partial charge >= 0.3 is 0 Å². The van der Waals surface area contributed by atoms with E-state index in [4.69, 9.17) is 0 Å². The quantitative estimate of drug-likeness (QED) is 0.644. The van der Waals surface area contributed by atoms with E-state index in [1.807, 2.05) is 19.1 Å². The van der Waals surface area contributed by atoms with Gasteiger partial charge in [-0.1, -0.05) is 49.3 Å². The van der Waals surface area contributed by atoms with Crippen molar-refractivity contribution < 1.29 is 15.3 Å². The lowest BCUT2D eigenvalue weighted by molar-refractivity contribution is 0.0564. The molecule has 3 nitrogen and oxygen atoms in total. The third-order valence-electron chi connectivity index (χ3n) is 4.54. The van der Waals surface area contributed by atoms with E-state index in [0.717, 1.165) is 18.4 Å². The second-order valence-electron chi connectivity index (χ2n) is 7.73. The van der Waals surface area contributed by atoms with E-state index in [9.17, 15) is 15.3 Å². The summed E-state index contributed by atoms with van der Waals surface area (Å²) in [5, 5.41) is 30.8. The predicted molar refractivity (Wildman–Crippen MR) is 96.1 cm³/mol. The van der Waals surface area contributed by atoms with Crippen LogP contribution >= 0.6 is 0 Å². The van der Waals surface area contributed by atoms with E-state index in [1.54, 1.807) is 13.0 Å². The lowest BCUT2D eigenvalue weighted by Gasteiger charge is -2.24. The summed E-state index contributed by atoms with van der Waals surface area (Å²) in [4.78, 5) is 0. The van der Waals surface area contributed by atoms with Crippen LogP contribution < -0.4 is 0 Å². The normalized spacial score (nSPS) is 39.3. The molecule has 1 aliphatic carbocycles. The summed E-state index contributed by atoms with van der Waals surface area (Å²) in [6.07, 6.45) is 9.06. The first kappa shape index (κ1) is 20.1. The van der Waals surface area contributed by atoms with Gasteiger partial charge in [0.25, 0.3) is 0 Å². The predicted octanol–water partition coefficient (Wildman–Crippen LogP) is 3.75. The van der Waals surface area contributed by atoms with Crippen LogP contribution in [0.3, 0.4) is 0 Å². The van der Waals surface area contributed by atoms with E-state index >= 15 is 0 Å². The molecule has 0 heterocycles. The van der Waals surface area contributed by atoms with Crippen molar-refractivity contribution in [2.24, 2.45) is 11.8 Å². The lowest BCUT2D eigenvalue weighted by Crippen LogP contribution is -2.27. The van der Waals surface area contributed by atoms with Crippen molar-refractivity contribution in [2.75, 3.05) is 0 Å². The summed E-state index contributed by atoms with van der Waals surface area (Å²) >= 11 is 0. The molecule has 0 saturated heterocycles. The van der Waals surface area contributed by atoms with Gasteiger partial charge in [0.15, 0.2) is 0 Å². The molecular formula is C20H34O3. The third-order valence-corrected chi connectivity index (χ3v) is 4.54. The van der Waals surface area contributed by atoms with Gasteiger partial charge in [0.2, 0.25) is 0 Å². The Bertz CT molecular complexity index is 458. The maximum atomic E-state index is 10.5. The number of hydrogen-bond acceptors (Lipinski definition) is 3. The summed E-state index contributed by atoms with van der Waals surface area (Å²) in [5.41, 5.74) is 1.09. The van der Waals surface area contributed by atoms with Crippen molar-refractivity contribution in [1.29, 1.82) is 0 Å². The SMILES string of the molecule is C/C1=C\[C@H](O)C/C(C)=C/[C@H](O)C[C@@](C)(O)C=C[C@H](C(C)C)CC1. The average molecular weight is 322 g/mol. The standard InChI is InChI=1S/C20H34O3/c1-14(2)17-7-6-15(3)10-18(21)11-16(4)12-19(22)13-20(5,23)9-8-17/h8-10,12,14,17-19,21-23H,6-7,11,13H2,1-5H3/b9-8?,15-10+,16-12+/t17-,18+,19+,20+/m1/s1. The fourth-order valence-electron chi connectivity index (χ4n) is 3.12. The largest absolute Gasteiger partial charge is 0.389 e. The number of allylic oxidation sites excluding steroid dienone is 2. The maximum Gasteiger partial charge on any atom is 0.0827 e. The molecular weight excluding hydrogens is 288 g/mol. The van der Waals surface area contributed by atoms with Crippen LogP contribution in [0.2, 0.25) is 0 Å². The molecule has 4 atom stereocenters. The highest BCUT2D eigenvalue weighted by Crippen LogP contribution is 2.25. The summed E-state index contributed by atoms with van der Waals surface area (Å²) in [6.45, 7) is 10.1. The summed E-state index contributed by atoms with van der Waals surface area (Å²) in [5.74, 6) is 0.860. The molecule has 23 heavy (non-hydrogen) atoms. The van der Waals surface area contributed by atoms with Crippen molar-refractivity contribution in [3.63, 3.8) is 0 Å². The Labute approximate surface area is 141 Å². The van der Waals surface area contributed by atoms with Crippen LogP contribution in [0, 0.1) is 11.8 Å². The number of hydrogen-bond donors (Lipinski definition) is 3. The molecule has 0 spiro atoms. The molecule has 0 aliphatic heterocycles. The van der Waals surface area contributed by atoms with Crippen LogP contribution in [0.15, 0.2) is 35.5 Å². The van der Waals surface area contributed by atoms with Gasteiger partial charge in [-0.25, -0.2) is 0 Å². The smallest absolute Gasteiger partial charge is 0.0827 e. The summed E-state index contributed by atoms with van der Waals surface area (Å²) in [7, 11) is 0. The number of rotatable bonds is 1. The Hall–Kier alpha value is -0.900. The van der Waals surface area contributed by atoms with Crippen molar-refractivity contribution in [2.45, 2.75) is 78.1 Å². The van der Waals surface area contributed by atoms with Crippen LogP contribution in [-0.4, -0.2) is 33.1 Å². The fraction of sp³-hybridized carbons (Fsp3) is 0.700. The van der Waals surface area contributed by atoms with Gasteiger partial charge in [0, 0.05) is 6.42 Å². The zero-order chi connectivity index (χ0) is 17.6. The molecule has 3 heteroatoms. The molecule has 1 rings (SSSR count). The van der Waals surface area contributed by atoms with Crippen LogP contribution in [0.1, 0.15) is 60.3 Å². The molecule has 0 aromatic heterocycles. The summed E-state index contributed by atoms with van der Waals surface area (Å²) in [6, 6.07) is 0. The van der Waals surface area contributed by atoms with Gasteiger partial charge in [-0.3, -0.25) is 0 Å². The second-order valence-corrected chi connectivity index (χ2v) is 7.73. The van der Waals surface area contributed by atoms with E-state index in [1.165, 1.54) is 5.57 Å². The zero-order valence-electron chi connectivity index (χ0n) is 15.3. The average Bonchev–Trinajstić information content (AvgIpc) is 2.35. The zero-order valence-corrected chi connectivity index (χ0v) is 15.3. The molecule has 0 amide bonds. The number of aliphatic hydroxyl groups is 3. The fourth-order valence-corrected chi connectivity index (χ4v) is 3.12. The maximum absolute atomic E-state index is 10.5. The van der Waals surface area contributed by atoms with Crippen LogP contribution in [0.4, 0.5) is 0 Å². The molecule has 3 N–H and O–H groups in total. The van der Waals surface area contributed by atoms with Crippen molar-refractivity contribution in [3.8, 4) is 0 Å². The lowest BCUT2D eigenvalue weighted by atomic mass is 9.86. The van der Waals surface area contributed by atoms with Crippen molar-refractivity contribution in [3.05, 3.63) is 35.5 Å². The number of aliphatic hydroxyl groups excluding tert-OH is 2. The molecule has 0 unspecified atom stereocenters. The van der Waals surface area contributed by atoms with E-state index in [0.29, 0.717) is 18.3 Å². The van der Waals surface area contributed by atoms with Crippen LogP contribution in [-0.2, 0) is 0 Å². The van der Waals surface area contributed by atoms with Gasteiger partial charge in [-0.15, -0.1) is 0 Å². The second kappa shape index (κ2) is 8.81. The topological polar surface area (TPSA) is 60.7 Å². The van der Waals surface area contributed by atoms with E-state index < -0.39 is 17.8 Å². The molecule has 0 aromatic carbocycles. The minimum absolute atomic E-state index is 0.261. The first-order valence-electron chi connectivity index (χ1n) is 8.71. The van der Waals surface area contributed by atoms with Gasteiger partial charge in [-0.2, -0.15) is 0 Å². The van der Waals surface area contributed by atoms with Gasteiger partial charge in [0.05, 0.1) is 17.8 Å². The van der Waals surface area contributed by atoms with Crippen molar-refractivity contribution in [1.82, 2.24) is 0 Å². The highest BCUT2D eigenvalue weighted by atomic mass is 16.3. The molecule has 1 aliphatic rings. The van der Waals surface area contributed by atoms with Gasteiger partial charge in [0.1, 0.15) is 0 Å². The van der Waals surface area contributed by atoms with Gasteiger partial charge < -0.3 is 15.3 Å². The third kappa shape index (κ3) is 7.96. The first-order chi connectivity index (χ1) is 10.6. The van der Waals surface area contributed by atoms with E-state index in [-0.39, 0.29) is 6.42 Å². The summed E-state index contributed by atoms with van der Waals surface area (Å²) < 4.78 is 0. The molecule has 0 fully saturated rings. The molecule has 0 bridgehead atoms. The minimum atomic E-state index is -1.03. The molecule has 0 radical (unpaired) electrons. The molecule has 132 valence electrons. The van der Waals surface area contributed by atoms with E-state index in [2.05, 4.69) is 26.8 Å². The Balaban J connectivity index is 3.05. The highest BCUT2D eigenvalue weighted by Gasteiger charge is 2.22. The Kier molecular flexibility index (Phi) is 7.72. The van der Waals surface area contributed by atoms with Crippen molar-refractivity contribution >= 4 is 0 Å². The Morgan fingerprint density at radius 3 is 2.30 bits per heavy atom. The van der Waals surface area contributed by atoms with Crippen LogP contribution in [0.25, 0.3) is 0 Å². The monoisotopic (exact) mass is 322 g/mol. The van der Waals surface area contributed by atoms with Gasteiger partial charge in [-0.05, 0) is 51.9 Å². The highest BCUT2D eigenvalue weighted by molar-refractivity contribution is 5.12. The Morgan fingerprint density at radius 1 is 1.09 bits per heavy atom. The Morgan fingerprint density at radius 2 is 1.70 bits per heavy atom.